The highest BCUT2D eigenvalue weighted by atomic mass is 16.5. The summed E-state index contributed by atoms with van der Waals surface area (Å²) < 4.78 is 5.43. The van der Waals surface area contributed by atoms with Gasteiger partial charge >= 0.3 is 0 Å². The van der Waals surface area contributed by atoms with Gasteiger partial charge in [-0.25, -0.2) is 0 Å². The summed E-state index contributed by atoms with van der Waals surface area (Å²) >= 11 is 0. The van der Waals surface area contributed by atoms with Crippen LogP contribution in [0.5, 0.6) is 0 Å². The Kier molecular flexibility index (Phi) is 8.46. The number of rotatable bonds is 8. The first kappa shape index (κ1) is 12.9. The van der Waals surface area contributed by atoms with E-state index >= 15 is 0 Å². The van der Waals surface area contributed by atoms with Gasteiger partial charge in [0.1, 0.15) is 0 Å². The molecule has 0 spiro atoms. The summed E-state index contributed by atoms with van der Waals surface area (Å²) in [4.78, 5) is 0. The first-order chi connectivity index (χ1) is 6.22. The number of aliphatic hydroxyl groups excluding tert-OH is 1. The highest BCUT2D eigenvalue weighted by Crippen LogP contribution is 2.10. The summed E-state index contributed by atoms with van der Waals surface area (Å²) in [5.74, 6) is 0.367. The lowest BCUT2D eigenvalue weighted by Crippen LogP contribution is -2.18. The van der Waals surface area contributed by atoms with Crippen molar-refractivity contribution < 1.29 is 9.84 Å². The van der Waals surface area contributed by atoms with Crippen LogP contribution in [-0.4, -0.2) is 24.4 Å². The Morgan fingerprint density at radius 1 is 1.23 bits per heavy atom. The number of ether oxygens (including phenoxy) is 1. The van der Waals surface area contributed by atoms with Gasteiger partial charge in [-0.3, -0.25) is 0 Å². The minimum atomic E-state index is -0.158. The fraction of sp³-hybridized carbons (Fsp3) is 1.00. The third kappa shape index (κ3) is 7.03. The van der Waals surface area contributed by atoms with Crippen LogP contribution in [-0.2, 0) is 4.74 Å². The first-order valence-electron chi connectivity index (χ1n) is 5.48. The zero-order chi connectivity index (χ0) is 10.1. The quantitative estimate of drug-likeness (QED) is 0.593. The summed E-state index contributed by atoms with van der Waals surface area (Å²) in [6.45, 7) is 7.91. The van der Waals surface area contributed by atoms with Crippen LogP contribution in [0.1, 0.15) is 46.5 Å². The number of hydrogen-bond donors (Lipinski definition) is 1. The molecule has 0 aliphatic rings. The molecule has 0 fully saturated rings. The molecule has 2 atom stereocenters. The molecule has 0 amide bonds. The van der Waals surface area contributed by atoms with Gasteiger partial charge in [-0.2, -0.15) is 0 Å². The third-order valence-corrected chi connectivity index (χ3v) is 2.43. The maximum atomic E-state index is 9.47. The van der Waals surface area contributed by atoms with Crippen LogP contribution in [0.25, 0.3) is 0 Å². The third-order valence-electron chi connectivity index (χ3n) is 2.43. The molecule has 0 aromatic heterocycles. The highest BCUT2D eigenvalue weighted by molar-refractivity contribution is 4.61. The largest absolute Gasteiger partial charge is 0.393 e. The van der Waals surface area contributed by atoms with Gasteiger partial charge in [0.15, 0.2) is 0 Å². The van der Waals surface area contributed by atoms with E-state index in [1.165, 1.54) is 6.42 Å². The molecule has 0 rings (SSSR count). The Morgan fingerprint density at radius 3 is 2.46 bits per heavy atom. The van der Waals surface area contributed by atoms with Crippen molar-refractivity contribution >= 4 is 0 Å². The molecule has 2 nitrogen and oxygen atoms in total. The molecule has 0 aromatic rings. The average Bonchev–Trinajstić information content (AvgIpc) is 2.16. The molecule has 13 heavy (non-hydrogen) atoms. The Balaban J connectivity index is 3.21. The smallest absolute Gasteiger partial charge is 0.0564 e. The normalized spacial score (nSPS) is 15.7. The van der Waals surface area contributed by atoms with Crippen molar-refractivity contribution in [2.45, 2.75) is 52.6 Å². The van der Waals surface area contributed by atoms with E-state index in [9.17, 15) is 5.11 Å². The van der Waals surface area contributed by atoms with E-state index in [2.05, 4.69) is 13.8 Å². The van der Waals surface area contributed by atoms with E-state index in [4.69, 9.17) is 4.74 Å². The predicted octanol–water partition coefficient (Wildman–Crippen LogP) is 2.60. The Morgan fingerprint density at radius 2 is 1.92 bits per heavy atom. The maximum Gasteiger partial charge on any atom is 0.0564 e. The molecule has 2 heteroatoms. The fourth-order valence-corrected chi connectivity index (χ4v) is 1.21. The minimum absolute atomic E-state index is 0.158. The summed E-state index contributed by atoms with van der Waals surface area (Å²) in [6.07, 6.45) is 3.99. The van der Waals surface area contributed by atoms with Crippen molar-refractivity contribution in [1.82, 2.24) is 0 Å². The summed E-state index contributed by atoms with van der Waals surface area (Å²) in [6, 6.07) is 0. The van der Waals surface area contributed by atoms with Crippen LogP contribution in [0.2, 0.25) is 0 Å². The molecule has 0 aliphatic heterocycles. The molecular formula is C11H24O2. The van der Waals surface area contributed by atoms with Crippen LogP contribution >= 0.6 is 0 Å². The van der Waals surface area contributed by atoms with Crippen molar-refractivity contribution in [2.75, 3.05) is 13.2 Å². The fourth-order valence-electron chi connectivity index (χ4n) is 1.21. The molecule has 0 radical (unpaired) electrons. The van der Waals surface area contributed by atoms with Crippen LogP contribution in [0.15, 0.2) is 0 Å². The zero-order valence-electron chi connectivity index (χ0n) is 9.25. The van der Waals surface area contributed by atoms with Crippen molar-refractivity contribution in [3.05, 3.63) is 0 Å². The first-order valence-corrected chi connectivity index (χ1v) is 5.48. The lowest BCUT2D eigenvalue weighted by Gasteiger charge is -2.16. The predicted molar refractivity (Wildman–Crippen MR) is 55.8 cm³/mol. The number of hydrogen-bond acceptors (Lipinski definition) is 2. The second-order valence-corrected chi connectivity index (χ2v) is 3.71. The number of aliphatic hydroxyl groups is 1. The van der Waals surface area contributed by atoms with E-state index in [1.54, 1.807) is 0 Å². The van der Waals surface area contributed by atoms with Crippen LogP contribution in [0.3, 0.4) is 0 Å². The van der Waals surface area contributed by atoms with E-state index in [-0.39, 0.29) is 6.10 Å². The van der Waals surface area contributed by atoms with Crippen LogP contribution < -0.4 is 0 Å². The maximum absolute atomic E-state index is 9.47. The van der Waals surface area contributed by atoms with Crippen LogP contribution in [0.4, 0.5) is 0 Å². The van der Waals surface area contributed by atoms with Gasteiger partial charge in [-0.05, 0) is 25.2 Å². The standard InChI is InChI=1S/C11H24O2/c1-4-6-8-13-9-7-10(3)11(12)5-2/h10-12H,4-9H2,1-3H3. The molecule has 0 aromatic carbocycles. The lowest BCUT2D eigenvalue weighted by molar-refractivity contribution is 0.0695. The van der Waals surface area contributed by atoms with Gasteiger partial charge < -0.3 is 9.84 Å². The van der Waals surface area contributed by atoms with Crippen molar-refractivity contribution in [1.29, 1.82) is 0 Å². The van der Waals surface area contributed by atoms with Crippen molar-refractivity contribution in [3.8, 4) is 0 Å². The van der Waals surface area contributed by atoms with Crippen molar-refractivity contribution in [3.63, 3.8) is 0 Å². The van der Waals surface area contributed by atoms with E-state index < -0.39 is 0 Å². The minimum Gasteiger partial charge on any atom is -0.393 e. The summed E-state index contributed by atoms with van der Waals surface area (Å²) in [7, 11) is 0. The van der Waals surface area contributed by atoms with E-state index in [1.807, 2.05) is 6.92 Å². The SMILES string of the molecule is CCCCOCCC(C)C(O)CC. The monoisotopic (exact) mass is 188 g/mol. The van der Waals surface area contributed by atoms with Gasteiger partial charge in [-0.1, -0.05) is 27.2 Å². The molecule has 0 heterocycles. The van der Waals surface area contributed by atoms with Gasteiger partial charge in [0.2, 0.25) is 0 Å². The Bertz CT molecular complexity index is 104. The van der Waals surface area contributed by atoms with Gasteiger partial charge in [0, 0.05) is 13.2 Å². The zero-order valence-corrected chi connectivity index (χ0v) is 9.25. The summed E-state index contributed by atoms with van der Waals surface area (Å²) in [5, 5.41) is 9.47. The molecular weight excluding hydrogens is 164 g/mol. The Labute approximate surface area is 82.3 Å². The Hall–Kier alpha value is -0.0800. The van der Waals surface area contributed by atoms with E-state index in [0.717, 1.165) is 32.5 Å². The second-order valence-electron chi connectivity index (χ2n) is 3.71. The summed E-state index contributed by atoms with van der Waals surface area (Å²) in [5.41, 5.74) is 0. The molecule has 0 aliphatic carbocycles. The molecule has 1 N–H and O–H groups in total. The van der Waals surface area contributed by atoms with Gasteiger partial charge in [0.25, 0.3) is 0 Å². The topological polar surface area (TPSA) is 29.5 Å². The number of unbranched alkanes of at least 4 members (excludes halogenated alkanes) is 1. The lowest BCUT2D eigenvalue weighted by atomic mass is 10.00. The average molecular weight is 188 g/mol. The van der Waals surface area contributed by atoms with E-state index in [0.29, 0.717) is 5.92 Å². The van der Waals surface area contributed by atoms with Gasteiger partial charge in [-0.15, -0.1) is 0 Å². The van der Waals surface area contributed by atoms with Crippen molar-refractivity contribution in [2.24, 2.45) is 5.92 Å². The molecule has 2 unspecified atom stereocenters. The molecule has 80 valence electrons. The molecule has 0 saturated carbocycles. The van der Waals surface area contributed by atoms with Gasteiger partial charge in [0.05, 0.1) is 6.10 Å². The second kappa shape index (κ2) is 8.52. The molecule has 0 saturated heterocycles. The van der Waals surface area contributed by atoms with Crippen LogP contribution in [0, 0.1) is 5.92 Å². The molecule has 0 bridgehead atoms. The highest BCUT2D eigenvalue weighted by Gasteiger charge is 2.10.